The highest BCUT2D eigenvalue weighted by atomic mass is 35.5. The van der Waals surface area contributed by atoms with E-state index in [1.165, 1.54) is 0 Å². The van der Waals surface area contributed by atoms with Crippen LogP contribution in [0.1, 0.15) is 25.5 Å². The molecule has 2 N–H and O–H groups in total. The van der Waals surface area contributed by atoms with E-state index in [1.54, 1.807) is 4.68 Å². The molecule has 18 heavy (non-hydrogen) atoms. The van der Waals surface area contributed by atoms with Gasteiger partial charge in [-0.1, -0.05) is 6.92 Å². The Balaban J connectivity index is 0.00000162. The fraction of sp³-hybridized carbons (Fsp3) is 0.667. The van der Waals surface area contributed by atoms with Crippen LogP contribution in [0.4, 0.5) is 5.69 Å². The van der Waals surface area contributed by atoms with Crippen LogP contribution in [0.25, 0.3) is 0 Å². The van der Waals surface area contributed by atoms with Crippen LogP contribution >= 0.6 is 12.4 Å². The van der Waals surface area contributed by atoms with E-state index in [0.717, 1.165) is 43.7 Å². The molecule has 1 aromatic rings. The lowest BCUT2D eigenvalue weighted by Crippen LogP contribution is -2.34. The van der Waals surface area contributed by atoms with Gasteiger partial charge in [0.05, 0.1) is 11.4 Å². The normalized spacial score (nSPS) is 16.1. The van der Waals surface area contributed by atoms with Crippen LogP contribution in [0.2, 0.25) is 0 Å². The third kappa shape index (κ3) is 3.46. The topological polar surface area (TPSA) is 59.0 Å². The summed E-state index contributed by atoms with van der Waals surface area (Å²) >= 11 is 0. The average molecular weight is 273 g/mol. The van der Waals surface area contributed by atoms with Crippen LogP contribution in [0, 0.1) is 5.92 Å². The van der Waals surface area contributed by atoms with Gasteiger partial charge in [-0.2, -0.15) is 5.10 Å². The molecule has 0 bridgehead atoms. The van der Waals surface area contributed by atoms with E-state index >= 15 is 0 Å². The Bertz CT molecular complexity index is 399. The molecule has 0 unspecified atom stereocenters. The molecule has 1 saturated heterocycles. The number of hydrogen-bond acceptors (Lipinski definition) is 3. The Morgan fingerprint density at radius 1 is 1.56 bits per heavy atom. The summed E-state index contributed by atoms with van der Waals surface area (Å²) in [6, 6.07) is 0. The van der Waals surface area contributed by atoms with E-state index in [-0.39, 0.29) is 24.2 Å². The Kier molecular flexibility index (Phi) is 5.62. The summed E-state index contributed by atoms with van der Waals surface area (Å²) < 4.78 is 1.75. The van der Waals surface area contributed by atoms with Crippen molar-refractivity contribution in [1.29, 1.82) is 0 Å². The van der Waals surface area contributed by atoms with E-state index in [4.69, 9.17) is 0 Å². The lowest BCUT2D eigenvalue weighted by atomic mass is 9.97. The zero-order valence-electron chi connectivity index (χ0n) is 10.9. The van der Waals surface area contributed by atoms with Crippen molar-refractivity contribution in [3.05, 3.63) is 11.9 Å². The van der Waals surface area contributed by atoms with Crippen LogP contribution in [0.15, 0.2) is 6.20 Å². The number of anilines is 1. The summed E-state index contributed by atoms with van der Waals surface area (Å²) in [6.07, 6.45) is 4.56. The molecule has 0 atom stereocenters. The summed E-state index contributed by atoms with van der Waals surface area (Å²) in [5.74, 6) is 0.273. The van der Waals surface area contributed by atoms with Crippen LogP contribution in [-0.4, -0.2) is 28.8 Å². The van der Waals surface area contributed by atoms with E-state index < -0.39 is 0 Å². The molecule has 1 aliphatic rings. The maximum absolute atomic E-state index is 12.1. The number of carbonyl (C=O) groups excluding carboxylic acids is 1. The standard InChI is InChI=1S/C12H20N4O.ClH/c1-3-10-11(8-16(2)15-10)14-12(17)9-4-6-13-7-5-9;/h8-9,13H,3-7H2,1-2H3,(H,14,17);1H. The second-order valence-corrected chi connectivity index (χ2v) is 4.53. The molecule has 1 amide bonds. The smallest absolute Gasteiger partial charge is 0.227 e. The first-order chi connectivity index (χ1) is 8.20. The SMILES string of the molecule is CCc1nn(C)cc1NC(=O)C1CCNCC1.Cl. The Morgan fingerprint density at radius 3 is 2.83 bits per heavy atom. The number of carbonyl (C=O) groups is 1. The van der Waals surface area contributed by atoms with E-state index in [2.05, 4.69) is 15.7 Å². The molecule has 5 nitrogen and oxygen atoms in total. The van der Waals surface area contributed by atoms with Crippen molar-refractivity contribution < 1.29 is 4.79 Å². The number of nitrogens with one attached hydrogen (secondary N) is 2. The third-order valence-electron chi connectivity index (χ3n) is 3.21. The minimum absolute atomic E-state index is 0. The predicted octanol–water partition coefficient (Wildman–Crippen LogP) is 1.34. The van der Waals surface area contributed by atoms with Gasteiger partial charge in [0.25, 0.3) is 0 Å². The first-order valence-corrected chi connectivity index (χ1v) is 6.24. The lowest BCUT2D eigenvalue weighted by Gasteiger charge is -2.21. The summed E-state index contributed by atoms with van der Waals surface area (Å²) in [7, 11) is 1.87. The van der Waals surface area contributed by atoms with Gasteiger partial charge in [0, 0.05) is 19.2 Å². The van der Waals surface area contributed by atoms with Crippen LogP contribution < -0.4 is 10.6 Å². The van der Waals surface area contributed by atoms with Gasteiger partial charge in [0.1, 0.15) is 0 Å². The van der Waals surface area contributed by atoms with Crippen LogP contribution in [-0.2, 0) is 18.3 Å². The Labute approximate surface area is 114 Å². The van der Waals surface area contributed by atoms with Crippen molar-refractivity contribution in [3.63, 3.8) is 0 Å². The second kappa shape index (κ2) is 6.75. The number of piperidine rings is 1. The maximum atomic E-state index is 12.1. The third-order valence-corrected chi connectivity index (χ3v) is 3.21. The van der Waals surface area contributed by atoms with Gasteiger partial charge in [-0.05, 0) is 32.4 Å². The predicted molar refractivity (Wildman–Crippen MR) is 74.1 cm³/mol. The number of hydrogen-bond donors (Lipinski definition) is 2. The molecular weight excluding hydrogens is 252 g/mol. The first-order valence-electron chi connectivity index (χ1n) is 6.24. The van der Waals surface area contributed by atoms with E-state index in [0.29, 0.717) is 0 Å². The zero-order valence-corrected chi connectivity index (χ0v) is 11.7. The molecule has 0 saturated carbocycles. The van der Waals surface area contributed by atoms with Gasteiger partial charge >= 0.3 is 0 Å². The Morgan fingerprint density at radius 2 is 2.22 bits per heavy atom. The molecule has 0 aliphatic carbocycles. The fourth-order valence-electron chi connectivity index (χ4n) is 2.22. The highest BCUT2D eigenvalue weighted by Crippen LogP contribution is 2.18. The van der Waals surface area contributed by atoms with Crippen molar-refractivity contribution >= 4 is 24.0 Å². The molecule has 0 radical (unpaired) electrons. The molecule has 6 heteroatoms. The minimum Gasteiger partial charge on any atom is -0.323 e. The van der Waals surface area contributed by atoms with Gasteiger partial charge in [-0.25, -0.2) is 0 Å². The summed E-state index contributed by atoms with van der Waals surface area (Å²) in [4.78, 5) is 12.1. The maximum Gasteiger partial charge on any atom is 0.227 e. The number of aryl methyl sites for hydroxylation is 2. The number of halogens is 1. The van der Waals surface area contributed by atoms with Crippen LogP contribution in [0.5, 0.6) is 0 Å². The lowest BCUT2D eigenvalue weighted by molar-refractivity contribution is -0.120. The van der Waals surface area contributed by atoms with Gasteiger partial charge in [-0.15, -0.1) is 12.4 Å². The Hall–Kier alpha value is -1.07. The molecule has 0 aromatic carbocycles. The van der Waals surface area contributed by atoms with Gasteiger partial charge in [-0.3, -0.25) is 9.48 Å². The molecule has 1 fully saturated rings. The largest absolute Gasteiger partial charge is 0.323 e. The van der Waals surface area contributed by atoms with Gasteiger partial charge in [0.15, 0.2) is 0 Å². The molecule has 0 spiro atoms. The minimum atomic E-state index is 0. The van der Waals surface area contributed by atoms with Crippen molar-refractivity contribution in [2.75, 3.05) is 18.4 Å². The zero-order chi connectivity index (χ0) is 12.3. The van der Waals surface area contributed by atoms with Gasteiger partial charge in [0.2, 0.25) is 5.91 Å². The first kappa shape index (κ1) is 15.0. The summed E-state index contributed by atoms with van der Waals surface area (Å²) in [6.45, 7) is 3.92. The highest BCUT2D eigenvalue weighted by Gasteiger charge is 2.22. The number of aromatic nitrogens is 2. The number of amides is 1. The quantitative estimate of drug-likeness (QED) is 0.873. The molecule has 2 heterocycles. The summed E-state index contributed by atoms with van der Waals surface area (Å²) in [5.41, 5.74) is 1.81. The monoisotopic (exact) mass is 272 g/mol. The molecule has 1 aliphatic heterocycles. The van der Waals surface area contributed by atoms with Crippen molar-refractivity contribution in [1.82, 2.24) is 15.1 Å². The number of rotatable bonds is 3. The van der Waals surface area contributed by atoms with Crippen molar-refractivity contribution in [2.24, 2.45) is 13.0 Å². The van der Waals surface area contributed by atoms with Crippen molar-refractivity contribution in [2.45, 2.75) is 26.2 Å². The molecule has 1 aromatic heterocycles. The fourth-order valence-corrected chi connectivity index (χ4v) is 2.22. The molecule has 2 rings (SSSR count). The molecule has 102 valence electrons. The van der Waals surface area contributed by atoms with E-state index in [9.17, 15) is 4.79 Å². The summed E-state index contributed by atoms with van der Waals surface area (Å²) in [5, 5.41) is 10.6. The van der Waals surface area contributed by atoms with E-state index in [1.807, 2.05) is 20.2 Å². The molecular formula is C12H21ClN4O. The van der Waals surface area contributed by atoms with Gasteiger partial charge < -0.3 is 10.6 Å². The number of nitrogens with zero attached hydrogens (tertiary/aromatic N) is 2. The second-order valence-electron chi connectivity index (χ2n) is 4.53. The van der Waals surface area contributed by atoms with Crippen LogP contribution in [0.3, 0.4) is 0 Å². The van der Waals surface area contributed by atoms with Crippen molar-refractivity contribution in [3.8, 4) is 0 Å². The highest BCUT2D eigenvalue weighted by molar-refractivity contribution is 5.93. The average Bonchev–Trinajstić information content (AvgIpc) is 2.70.